The van der Waals surface area contributed by atoms with E-state index >= 15 is 0 Å². The first-order valence-electron chi connectivity index (χ1n) is 7.43. The van der Waals surface area contributed by atoms with Gasteiger partial charge in [-0.15, -0.1) is 0 Å². The van der Waals surface area contributed by atoms with Gasteiger partial charge in [-0.25, -0.2) is 4.99 Å². The maximum atomic E-state index is 12.2. The van der Waals surface area contributed by atoms with Crippen LogP contribution in [0.15, 0.2) is 41.6 Å². The van der Waals surface area contributed by atoms with Crippen molar-refractivity contribution in [2.45, 2.75) is 51.7 Å². The normalized spacial score (nSPS) is 18.1. The van der Waals surface area contributed by atoms with E-state index in [2.05, 4.69) is 25.2 Å². The lowest BCUT2D eigenvalue weighted by molar-refractivity contribution is -0.0498. The van der Waals surface area contributed by atoms with E-state index in [4.69, 9.17) is 9.73 Å². The molecule has 0 bridgehead atoms. The van der Waals surface area contributed by atoms with Gasteiger partial charge in [0.05, 0.1) is 5.92 Å². The summed E-state index contributed by atoms with van der Waals surface area (Å²) in [7, 11) is 0. The number of hydrogen-bond acceptors (Lipinski definition) is 3. The first kappa shape index (κ1) is 16.5. The smallest absolute Gasteiger partial charge is 0.387 e. The predicted octanol–water partition coefficient (Wildman–Crippen LogP) is 4.89. The van der Waals surface area contributed by atoms with Gasteiger partial charge in [-0.1, -0.05) is 32.6 Å². The highest BCUT2D eigenvalue weighted by molar-refractivity contribution is 5.87. The summed E-state index contributed by atoms with van der Waals surface area (Å²) in [6, 6.07) is 6.54. The summed E-state index contributed by atoms with van der Waals surface area (Å²) in [5, 5.41) is 0. The second kappa shape index (κ2) is 6.46. The van der Waals surface area contributed by atoms with Gasteiger partial charge in [0.1, 0.15) is 17.0 Å². The summed E-state index contributed by atoms with van der Waals surface area (Å²) in [6.07, 6.45) is 1.67. The Morgan fingerprint density at radius 3 is 2.27 bits per heavy atom. The number of ether oxygens (including phenoxy) is 2. The molecule has 1 aromatic carbocycles. The third kappa shape index (κ3) is 3.13. The molecule has 5 heteroatoms. The van der Waals surface area contributed by atoms with Crippen LogP contribution < -0.4 is 4.74 Å². The SMILES string of the molecule is C=C1OC(C(C)c2ccc(OC(F)F)cc2)=NC1(CC)CC. The fraction of sp³-hybridized carbons (Fsp3) is 0.471. The van der Waals surface area contributed by atoms with Gasteiger partial charge in [-0.2, -0.15) is 8.78 Å². The molecule has 1 aromatic rings. The van der Waals surface area contributed by atoms with Crippen LogP contribution in [-0.2, 0) is 4.74 Å². The zero-order valence-corrected chi connectivity index (χ0v) is 13.1. The van der Waals surface area contributed by atoms with Gasteiger partial charge in [0, 0.05) is 0 Å². The molecule has 0 saturated heterocycles. The molecule has 0 radical (unpaired) electrons. The molecule has 1 heterocycles. The minimum Gasteiger partial charge on any atom is -0.445 e. The Hall–Kier alpha value is -1.91. The maximum absolute atomic E-state index is 12.2. The number of hydrogen-bond donors (Lipinski definition) is 0. The number of nitrogens with zero attached hydrogens (tertiary/aromatic N) is 1. The molecule has 1 unspecified atom stereocenters. The van der Waals surface area contributed by atoms with Crippen LogP contribution in [0.1, 0.15) is 45.1 Å². The summed E-state index contributed by atoms with van der Waals surface area (Å²) in [4.78, 5) is 4.73. The first-order chi connectivity index (χ1) is 10.4. The van der Waals surface area contributed by atoms with E-state index in [-0.39, 0.29) is 17.2 Å². The molecule has 0 N–H and O–H groups in total. The molecule has 1 atom stereocenters. The lowest BCUT2D eigenvalue weighted by Crippen LogP contribution is -2.23. The van der Waals surface area contributed by atoms with Crippen molar-refractivity contribution < 1.29 is 18.3 Å². The van der Waals surface area contributed by atoms with Crippen LogP contribution in [0.3, 0.4) is 0 Å². The third-order valence-corrected chi connectivity index (χ3v) is 4.22. The lowest BCUT2D eigenvalue weighted by atomic mass is 9.92. The maximum Gasteiger partial charge on any atom is 0.387 e. The molecular weight excluding hydrogens is 288 g/mol. The van der Waals surface area contributed by atoms with E-state index in [0.29, 0.717) is 11.7 Å². The molecule has 1 aliphatic heterocycles. The topological polar surface area (TPSA) is 30.8 Å². The number of benzene rings is 1. The molecule has 0 fully saturated rings. The highest BCUT2D eigenvalue weighted by Crippen LogP contribution is 2.38. The predicted molar refractivity (Wildman–Crippen MR) is 82.5 cm³/mol. The zero-order valence-electron chi connectivity index (χ0n) is 13.1. The average molecular weight is 309 g/mol. The highest BCUT2D eigenvalue weighted by atomic mass is 19.3. The number of halogens is 2. The van der Waals surface area contributed by atoms with Crippen LogP contribution in [0.2, 0.25) is 0 Å². The molecule has 0 saturated carbocycles. The van der Waals surface area contributed by atoms with Crippen molar-refractivity contribution in [1.29, 1.82) is 0 Å². The van der Waals surface area contributed by atoms with Gasteiger partial charge in [0.25, 0.3) is 0 Å². The van der Waals surface area contributed by atoms with Crippen molar-refractivity contribution in [3.05, 3.63) is 42.2 Å². The fourth-order valence-corrected chi connectivity index (χ4v) is 2.59. The zero-order chi connectivity index (χ0) is 16.3. The van der Waals surface area contributed by atoms with Crippen molar-refractivity contribution in [1.82, 2.24) is 0 Å². The standard InChI is InChI=1S/C17H21F2NO2/c1-5-17(6-2)12(4)21-15(20-17)11(3)13-7-9-14(10-8-13)22-16(18)19/h7-11,16H,4-6H2,1-3H3. The Morgan fingerprint density at radius 2 is 1.82 bits per heavy atom. The van der Waals surface area contributed by atoms with Gasteiger partial charge in [0.2, 0.25) is 0 Å². The van der Waals surface area contributed by atoms with Gasteiger partial charge < -0.3 is 9.47 Å². The minimum atomic E-state index is -2.82. The van der Waals surface area contributed by atoms with Crippen molar-refractivity contribution in [3.63, 3.8) is 0 Å². The number of aliphatic imine (C=N–C) groups is 1. The van der Waals surface area contributed by atoms with Crippen molar-refractivity contribution in [3.8, 4) is 5.75 Å². The summed E-state index contributed by atoms with van der Waals surface area (Å²) in [5.41, 5.74) is 0.582. The van der Waals surface area contributed by atoms with Crippen LogP contribution in [0.4, 0.5) is 8.78 Å². The molecule has 3 nitrogen and oxygen atoms in total. The number of rotatable bonds is 6. The molecule has 0 spiro atoms. The molecule has 2 rings (SSSR count). The molecule has 22 heavy (non-hydrogen) atoms. The van der Waals surface area contributed by atoms with Crippen LogP contribution in [0, 0.1) is 0 Å². The van der Waals surface area contributed by atoms with Gasteiger partial charge in [-0.3, -0.25) is 0 Å². The molecule has 1 aliphatic rings. The molecule has 0 aliphatic carbocycles. The monoisotopic (exact) mass is 309 g/mol. The summed E-state index contributed by atoms with van der Waals surface area (Å²) in [5.74, 6) is 1.37. The van der Waals surface area contributed by atoms with Gasteiger partial charge in [-0.05, 0) is 37.5 Å². The fourth-order valence-electron chi connectivity index (χ4n) is 2.59. The third-order valence-electron chi connectivity index (χ3n) is 4.22. The first-order valence-corrected chi connectivity index (χ1v) is 7.43. The molecule has 0 amide bonds. The Bertz CT molecular complexity index is 563. The van der Waals surface area contributed by atoms with E-state index in [1.54, 1.807) is 12.1 Å². The molecular formula is C17H21F2NO2. The quantitative estimate of drug-likeness (QED) is 0.749. The Balaban J connectivity index is 2.18. The largest absolute Gasteiger partial charge is 0.445 e. The molecule has 120 valence electrons. The van der Waals surface area contributed by atoms with Crippen LogP contribution in [-0.4, -0.2) is 18.0 Å². The number of alkyl halides is 2. The van der Waals surface area contributed by atoms with Gasteiger partial charge in [0.15, 0.2) is 5.90 Å². The average Bonchev–Trinajstić information content (AvgIpc) is 2.84. The van der Waals surface area contributed by atoms with E-state index in [1.807, 2.05) is 6.92 Å². The summed E-state index contributed by atoms with van der Waals surface area (Å²) < 4.78 is 34.4. The van der Waals surface area contributed by atoms with E-state index in [0.717, 1.165) is 18.4 Å². The van der Waals surface area contributed by atoms with E-state index in [9.17, 15) is 8.78 Å². The Morgan fingerprint density at radius 1 is 1.23 bits per heavy atom. The van der Waals surface area contributed by atoms with Crippen LogP contribution >= 0.6 is 0 Å². The van der Waals surface area contributed by atoms with E-state index < -0.39 is 6.61 Å². The highest BCUT2D eigenvalue weighted by Gasteiger charge is 2.39. The van der Waals surface area contributed by atoms with Crippen LogP contribution in [0.25, 0.3) is 0 Å². The second-order valence-corrected chi connectivity index (χ2v) is 5.38. The summed E-state index contributed by atoms with van der Waals surface area (Å²) >= 11 is 0. The Kier molecular flexibility index (Phi) is 4.84. The minimum absolute atomic E-state index is 0.0719. The van der Waals surface area contributed by atoms with Gasteiger partial charge >= 0.3 is 6.61 Å². The van der Waals surface area contributed by atoms with E-state index in [1.165, 1.54) is 12.1 Å². The van der Waals surface area contributed by atoms with Crippen molar-refractivity contribution in [2.75, 3.05) is 0 Å². The Labute approximate surface area is 129 Å². The van der Waals surface area contributed by atoms with Crippen molar-refractivity contribution >= 4 is 5.90 Å². The second-order valence-electron chi connectivity index (χ2n) is 5.38. The lowest BCUT2D eigenvalue weighted by Gasteiger charge is -2.20. The van der Waals surface area contributed by atoms with Crippen LogP contribution in [0.5, 0.6) is 5.75 Å². The van der Waals surface area contributed by atoms with Crippen molar-refractivity contribution in [2.24, 2.45) is 4.99 Å². The molecule has 0 aromatic heterocycles. The summed E-state index contributed by atoms with van der Waals surface area (Å²) in [6.45, 7) is 7.26.